The molecule has 1 aliphatic heterocycles. The summed E-state index contributed by atoms with van der Waals surface area (Å²) in [7, 11) is 1.43. The molecular formula is C20H18Cl2N2O4. The first-order chi connectivity index (χ1) is 13.4. The van der Waals surface area contributed by atoms with Crippen LogP contribution in [0.2, 0.25) is 5.02 Å². The highest BCUT2D eigenvalue weighted by molar-refractivity contribution is 6.53. The molecule has 0 fully saturated rings. The van der Waals surface area contributed by atoms with Crippen LogP contribution >= 0.6 is 23.2 Å². The van der Waals surface area contributed by atoms with Crippen molar-refractivity contribution in [1.82, 2.24) is 0 Å². The molecule has 2 aromatic rings. The van der Waals surface area contributed by atoms with Crippen molar-refractivity contribution in [2.24, 2.45) is 0 Å². The number of hydrogen-bond donors (Lipinski definition) is 1. The molecule has 0 saturated heterocycles. The van der Waals surface area contributed by atoms with Crippen LogP contribution in [0.1, 0.15) is 12.5 Å². The number of nitrogens with zero attached hydrogens (tertiary/aromatic N) is 1. The quantitative estimate of drug-likeness (QED) is 0.697. The molecular weight excluding hydrogens is 403 g/mol. The summed E-state index contributed by atoms with van der Waals surface area (Å²) in [6, 6.07) is 10.2. The zero-order chi connectivity index (χ0) is 20.4. The average molecular weight is 421 g/mol. The molecule has 8 heteroatoms. The van der Waals surface area contributed by atoms with Gasteiger partial charge < -0.3 is 14.8 Å². The number of nitrogens with one attached hydrogen (secondary N) is 1. The second-order valence-electron chi connectivity index (χ2n) is 5.96. The highest BCUT2D eigenvalue weighted by atomic mass is 35.5. The number of rotatable bonds is 6. The Morgan fingerprint density at radius 3 is 2.46 bits per heavy atom. The highest BCUT2D eigenvalue weighted by Crippen LogP contribution is 2.39. The molecule has 2 aromatic carbocycles. The second kappa shape index (κ2) is 8.12. The van der Waals surface area contributed by atoms with E-state index in [1.165, 1.54) is 7.11 Å². The van der Waals surface area contributed by atoms with Crippen molar-refractivity contribution in [2.75, 3.05) is 23.9 Å². The molecule has 3 rings (SSSR count). The fourth-order valence-corrected chi connectivity index (χ4v) is 3.17. The zero-order valence-electron chi connectivity index (χ0n) is 15.5. The summed E-state index contributed by atoms with van der Waals surface area (Å²) < 4.78 is 10.8. The van der Waals surface area contributed by atoms with E-state index >= 15 is 0 Å². The Hall–Kier alpha value is -2.70. The lowest BCUT2D eigenvalue weighted by atomic mass is 10.2. The molecule has 146 valence electrons. The van der Waals surface area contributed by atoms with Gasteiger partial charge in [-0.15, -0.1) is 0 Å². The van der Waals surface area contributed by atoms with Crippen LogP contribution in [0.3, 0.4) is 0 Å². The van der Waals surface area contributed by atoms with Crippen molar-refractivity contribution in [3.8, 4) is 11.5 Å². The fourth-order valence-electron chi connectivity index (χ4n) is 2.80. The minimum Gasteiger partial charge on any atom is -0.494 e. The molecule has 1 aliphatic rings. The van der Waals surface area contributed by atoms with Gasteiger partial charge in [0.15, 0.2) is 0 Å². The van der Waals surface area contributed by atoms with E-state index in [4.69, 9.17) is 32.7 Å². The molecule has 2 amide bonds. The van der Waals surface area contributed by atoms with Crippen molar-refractivity contribution in [1.29, 1.82) is 0 Å². The van der Waals surface area contributed by atoms with Crippen LogP contribution in [0.25, 0.3) is 0 Å². The number of imide groups is 1. The third-order valence-corrected chi connectivity index (χ3v) is 4.93. The molecule has 6 nitrogen and oxygen atoms in total. The third kappa shape index (κ3) is 3.53. The molecule has 0 unspecified atom stereocenters. The van der Waals surface area contributed by atoms with Crippen molar-refractivity contribution in [3.63, 3.8) is 0 Å². The Morgan fingerprint density at radius 1 is 1.07 bits per heavy atom. The minimum absolute atomic E-state index is 0.0338. The maximum Gasteiger partial charge on any atom is 0.283 e. The Kier molecular flexibility index (Phi) is 5.82. The maximum atomic E-state index is 13.0. The van der Waals surface area contributed by atoms with Crippen molar-refractivity contribution < 1.29 is 19.1 Å². The third-order valence-electron chi connectivity index (χ3n) is 4.17. The number of anilines is 2. The first-order valence-electron chi connectivity index (χ1n) is 8.50. The standard InChI is InChI=1S/C20H18Cl2N2O4/c1-4-28-15-8-6-5-7-13(15)23-18-17(22)19(25)24(20(18)26)14-9-11(2)12(21)10-16(14)27-3/h5-10,23H,4H2,1-3H3. The fraction of sp³-hybridized carbons (Fsp3) is 0.200. The second-order valence-corrected chi connectivity index (χ2v) is 6.75. The first-order valence-corrected chi connectivity index (χ1v) is 9.26. The molecule has 0 radical (unpaired) electrons. The number of halogens is 2. The van der Waals surface area contributed by atoms with E-state index in [-0.39, 0.29) is 22.2 Å². The van der Waals surface area contributed by atoms with Crippen LogP contribution in [0.15, 0.2) is 47.1 Å². The summed E-state index contributed by atoms with van der Waals surface area (Å²) in [5.74, 6) is -0.414. The number of hydrogen-bond acceptors (Lipinski definition) is 5. The van der Waals surface area contributed by atoms with E-state index in [0.29, 0.717) is 28.6 Å². The predicted molar refractivity (Wildman–Crippen MR) is 109 cm³/mol. The molecule has 0 bridgehead atoms. The summed E-state index contributed by atoms with van der Waals surface area (Å²) in [6.45, 7) is 4.07. The summed E-state index contributed by atoms with van der Waals surface area (Å²) in [5.41, 5.74) is 1.46. The molecule has 0 atom stereocenters. The smallest absolute Gasteiger partial charge is 0.283 e. The van der Waals surface area contributed by atoms with Crippen molar-refractivity contribution in [3.05, 3.63) is 57.7 Å². The van der Waals surface area contributed by atoms with Gasteiger partial charge in [0.1, 0.15) is 22.2 Å². The van der Waals surface area contributed by atoms with Crippen LogP contribution in [0, 0.1) is 6.92 Å². The molecule has 0 aromatic heterocycles. The molecule has 1 N–H and O–H groups in total. The SMILES string of the molecule is CCOc1ccccc1NC1=C(Cl)C(=O)N(c2cc(C)c(Cl)cc2OC)C1=O. The lowest BCUT2D eigenvalue weighted by Gasteiger charge is -2.19. The zero-order valence-corrected chi connectivity index (χ0v) is 17.0. The number of aryl methyl sites for hydroxylation is 1. The van der Waals surface area contributed by atoms with E-state index in [2.05, 4.69) is 5.32 Å². The Bertz CT molecular complexity index is 988. The van der Waals surface area contributed by atoms with Crippen LogP contribution in [-0.4, -0.2) is 25.5 Å². The van der Waals surface area contributed by atoms with Crippen LogP contribution in [0.4, 0.5) is 11.4 Å². The number of ether oxygens (including phenoxy) is 2. The maximum absolute atomic E-state index is 13.0. The van der Waals surface area contributed by atoms with E-state index in [9.17, 15) is 9.59 Å². The van der Waals surface area contributed by atoms with Gasteiger partial charge in [-0.2, -0.15) is 0 Å². The Balaban J connectivity index is 1.99. The van der Waals surface area contributed by atoms with Crippen LogP contribution in [0.5, 0.6) is 11.5 Å². The molecule has 0 aliphatic carbocycles. The highest BCUT2D eigenvalue weighted by Gasteiger charge is 2.40. The summed E-state index contributed by atoms with van der Waals surface area (Å²) in [6.07, 6.45) is 0. The average Bonchev–Trinajstić information content (AvgIpc) is 2.88. The first kappa shape index (κ1) is 20.0. The Labute approximate surface area is 172 Å². The summed E-state index contributed by atoms with van der Waals surface area (Å²) in [4.78, 5) is 26.8. The summed E-state index contributed by atoms with van der Waals surface area (Å²) in [5, 5.41) is 3.18. The van der Waals surface area contributed by atoms with Gasteiger partial charge in [-0.3, -0.25) is 9.59 Å². The largest absolute Gasteiger partial charge is 0.494 e. The number of para-hydroxylation sites is 2. The lowest BCUT2D eigenvalue weighted by molar-refractivity contribution is -0.120. The van der Waals surface area contributed by atoms with Gasteiger partial charge in [0.2, 0.25) is 0 Å². The number of amides is 2. The van der Waals surface area contributed by atoms with Crippen molar-refractivity contribution >= 4 is 46.4 Å². The lowest BCUT2D eigenvalue weighted by Crippen LogP contribution is -2.32. The van der Waals surface area contributed by atoms with Crippen molar-refractivity contribution in [2.45, 2.75) is 13.8 Å². The van der Waals surface area contributed by atoms with Gasteiger partial charge in [0.25, 0.3) is 11.8 Å². The number of methoxy groups -OCH3 is 1. The molecule has 0 spiro atoms. The van der Waals surface area contributed by atoms with Gasteiger partial charge >= 0.3 is 0 Å². The van der Waals surface area contributed by atoms with E-state index < -0.39 is 11.8 Å². The van der Waals surface area contributed by atoms with Crippen LogP contribution < -0.4 is 19.7 Å². The Morgan fingerprint density at radius 2 is 1.79 bits per heavy atom. The topological polar surface area (TPSA) is 67.9 Å². The number of benzene rings is 2. The number of carbonyl (C=O) groups excluding carboxylic acids is 2. The molecule has 1 heterocycles. The van der Waals surface area contributed by atoms with Gasteiger partial charge in [-0.1, -0.05) is 35.3 Å². The van der Waals surface area contributed by atoms with Gasteiger partial charge in [-0.05, 0) is 37.6 Å². The molecule has 28 heavy (non-hydrogen) atoms. The monoisotopic (exact) mass is 420 g/mol. The normalized spacial score (nSPS) is 14.0. The van der Waals surface area contributed by atoms with E-state index in [1.54, 1.807) is 43.3 Å². The van der Waals surface area contributed by atoms with E-state index in [0.717, 1.165) is 4.90 Å². The van der Waals surface area contributed by atoms with Gasteiger partial charge in [0, 0.05) is 11.1 Å². The minimum atomic E-state index is -0.650. The van der Waals surface area contributed by atoms with E-state index in [1.807, 2.05) is 6.92 Å². The van der Waals surface area contributed by atoms with Gasteiger partial charge in [0.05, 0.1) is 25.1 Å². The summed E-state index contributed by atoms with van der Waals surface area (Å²) >= 11 is 12.3. The molecule has 0 saturated carbocycles. The predicted octanol–water partition coefficient (Wildman–Crippen LogP) is 4.49. The van der Waals surface area contributed by atoms with Crippen LogP contribution in [-0.2, 0) is 9.59 Å². The van der Waals surface area contributed by atoms with Gasteiger partial charge in [-0.25, -0.2) is 4.90 Å². The number of carbonyl (C=O) groups is 2.